The van der Waals surface area contributed by atoms with Gasteiger partial charge in [-0.1, -0.05) is 0 Å². The van der Waals surface area contributed by atoms with Crippen LogP contribution in [0.1, 0.15) is 5.56 Å². The van der Waals surface area contributed by atoms with Gasteiger partial charge in [0.2, 0.25) is 0 Å². The zero-order valence-electron chi connectivity index (χ0n) is 8.82. The van der Waals surface area contributed by atoms with Crippen LogP contribution in [0.15, 0.2) is 18.2 Å². The number of halogens is 2. The van der Waals surface area contributed by atoms with Crippen molar-refractivity contribution in [3.63, 3.8) is 0 Å². The molecule has 2 rings (SSSR count). The minimum Gasteiger partial charge on any atom is -0.465 e. The number of hydrogen-bond donors (Lipinski definition) is 2. The van der Waals surface area contributed by atoms with Crippen molar-refractivity contribution < 1.29 is 23.4 Å². The van der Waals surface area contributed by atoms with Crippen LogP contribution in [0.5, 0.6) is 0 Å². The molecule has 0 aliphatic carbocycles. The Kier molecular flexibility index (Phi) is 3.23. The highest BCUT2D eigenvalue weighted by molar-refractivity contribution is 5.65. The molecule has 1 aliphatic heterocycles. The van der Waals surface area contributed by atoms with Crippen LogP contribution in [-0.4, -0.2) is 30.0 Å². The molecule has 0 saturated carbocycles. The van der Waals surface area contributed by atoms with Gasteiger partial charge in [0.1, 0.15) is 17.7 Å². The number of carboxylic acid groups (broad SMARTS) is 1. The molecule has 0 bridgehead atoms. The lowest BCUT2D eigenvalue weighted by Gasteiger charge is -2.14. The Balaban J connectivity index is 2.08. The predicted molar refractivity (Wildman–Crippen MR) is 54.8 cm³/mol. The van der Waals surface area contributed by atoms with Gasteiger partial charge >= 0.3 is 6.09 Å². The SMILES string of the molecule is O=C(O)N[C@@H](Cc1cc(F)cc(F)c1)C1CO1. The minimum atomic E-state index is -1.18. The van der Waals surface area contributed by atoms with E-state index in [1.165, 1.54) is 12.1 Å². The van der Waals surface area contributed by atoms with E-state index in [0.29, 0.717) is 12.2 Å². The van der Waals surface area contributed by atoms with E-state index in [-0.39, 0.29) is 12.5 Å². The summed E-state index contributed by atoms with van der Waals surface area (Å²) in [6.45, 7) is 0.461. The minimum absolute atomic E-state index is 0.200. The number of rotatable bonds is 4. The Bertz CT molecular complexity index is 414. The third kappa shape index (κ3) is 3.39. The van der Waals surface area contributed by atoms with Gasteiger partial charge in [0.25, 0.3) is 0 Å². The lowest BCUT2D eigenvalue weighted by Crippen LogP contribution is -2.39. The van der Waals surface area contributed by atoms with Gasteiger partial charge < -0.3 is 15.2 Å². The van der Waals surface area contributed by atoms with Crippen LogP contribution in [0, 0.1) is 11.6 Å². The summed E-state index contributed by atoms with van der Waals surface area (Å²) in [4.78, 5) is 10.6. The number of epoxide rings is 1. The van der Waals surface area contributed by atoms with Crippen molar-refractivity contribution in [1.29, 1.82) is 0 Å². The Hall–Kier alpha value is -1.69. The maximum atomic E-state index is 12.9. The second kappa shape index (κ2) is 4.67. The highest BCUT2D eigenvalue weighted by atomic mass is 19.1. The topological polar surface area (TPSA) is 61.9 Å². The van der Waals surface area contributed by atoms with Crippen molar-refractivity contribution in [2.24, 2.45) is 0 Å². The summed E-state index contributed by atoms with van der Waals surface area (Å²) in [5.41, 5.74) is 0.400. The molecule has 1 aromatic rings. The maximum absolute atomic E-state index is 12.9. The Morgan fingerprint density at radius 3 is 2.53 bits per heavy atom. The smallest absolute Gasteiger partial charge is 0.404 e. The van der Waals surface area contributed by atoms with E-state index in [2.05, 4.69) is 5.32 Å². The number of benzene rings is 1. The molecule has 1 saturated heterocycles. The number of nitrogens with one attached hydrogen (secondary N) is 1. The fraction of sp³-hybridized carbons (Fsp3) is 0.364. The lowest BCUT2D eigenvalue weighted by molar-refractivity contribution is 0.186. The average Bonchev–Trinajstić information content (AvgIpc) is 2.96. The van der Waals surface area contributed by atoms with Crippen molar-refractivity contribution in [2.45, 2.75) is 18.6 Å². The molecule has 1 fully saturated rings. The molecule has 2 atom stereocenters. The van der Waals surface area contributed by atoms with Crippen LogP contribution < -0.4 is 5.32 Å². The van der Waals surface area contributed by atoms with E-state index in [0.717, 1.165) is 6.07 Å². The van der Waals surface area contributed by atoms with Crippen LogP contribution in [0.4, 0.5) is 13.6 Å². The summed E-state index contributed by atoms with van der Waals surface area (Å²) in [6.07, 6.45) is -1.19. The fourth-order valence-corrected chi connectivity index (χ4v) is 1.70. The van der Waals surface area contributed by atoms with Crippen molar-refractivity contribution in [3.05, 3.63) is 35.4 Å². The van der Waals surface area contributed by atoms with E-state index in [4.69, 9.17) is 9.84 Å². The van der Waals surface area contributed by atoms with Crippen molar-refractivity contribution in [1.82, 2.24) is 5.32 Å². The first kappa shape index (κ1) is 11.8. The molecule has 0 aromatic heterocycles. The Labute approximate surface area is 96.2 Å². The van der Waals surface area contributed by atoms with Gasteiger partial charge in [-0.05, 0) is 24.1 Å². The molecule has 6 heteroatoms. The molecule has 92 valence electrons. The number of amides is 1. The monoisotopic (exact) mass is 243 g/mol. The molecule has 1 unspecified atom stereocenters. The van der Waals surface area contributed by atoms with E-state index in [9.17, 15) is 13.6 Å². The number of ether oxygens (including phenoxy) is 1. The van der Waals surface area contributed by atoms with Crippen LogP contribution in [0.3, 0.4) is 0 Å². The molecule has 0 spiro atoms. The van der Waals surface area contributed by atoms with Crippen LogP contribution in [0.2, 0.25) is 0 Å². The van der Waals surface area contributed by atoms with E-state index in [1.807, 2.05) is 0 Å². The Morgan fingerprint density at radius 2 is 2.06 bits per heavy atom. The summed E-state index contributed by atoms with van der Waals surface area (Å²) in [6, 6.07) is 2.66. The molecule has 1 amide bonds. The van der Waals surface area contributed by atoms with Gasteiger partial charge in [0.05, 0.1) is 12.6 Å². The molecule has 1 aliphatic rings. The predicted octanol–water partition coefficient (Wildman–Crippen LogP) is 1.54. The summed E-state index contributed by atoms with van der Waals surface area (Å²) in [5.74, 6) is -1.35. The van der Waals surface area contributed by atoms with E-state index < -0.39 is 23.8 Å². The number of hydrogen-bond acceptors (Lipinski definition) is 2. The molecular weight excluding hydrogens is 232 g/mol. The summed E-state index contributed by atoms with van der Waals surface area (Å²) in [7, 11) is 0. The molecule has 2 N–H and O–H groups in total. The first-order chi connectivity index (χ1) is 8.04. The van der Waals surface area contributed by atoms with Gasteiger partial charge in [0, 0.05) is 6.07 Å². The van der Waals surface area contributed by atoms with E-state index in [1.54, 1.807) is 0 Å². The van der Waals surface area contributed by atoms with Crippen molar-refractivity contribution >= 4 is 6.09 Å². The molecular formula is C11H11F2NO3. The zero-order valence-corrected chi connectivity index (χ0v) is 8.82. The molecule has 4 nitrogen and oxygen atoms in total. The van der Waals surface area contributed by atoms with Crippen LogP contribution in [-0.2, 0) is 11.2 Å². The quantitative estimate of drug-likeness (QED) is 0.788. The second-order valence-corrected chi connectivity index (χ2v) is 3.91. The van der Waals surface area contributed by atoms with Crippen LogP contribution >= 0.6 is 0 Å². The molecule has 17 heavy (non-hydrogen) atoms. The number of carbonyl (C=O) groups is 1. The third-order valence-electron chi connectivity index (χ3n) is 2.49. The van der Waals surface area contributed by atoms with Gasteiger partial charge in [-0.3, -0.25) is 0 Å². The first-order valence-electron chi connectivity index (χ1n) is 5.10. The summed E-state index contributed by atoms with van der Waals surface area (Å²) in [5, 5.41) is 10.9. The standard InChI is InChI=1S/C11H11F2NO3/c12-7-1-6(2-8(13)4-7)3-9(10-5-17-10)14-11(15)16/h1-2,4,9-10,14H,3,5H2,(H,15,16)/t9-,10?/m0/s1. The van der Waals surface area contributed by atoms with Gasteiger partial charge in [-0.25, -0.2) is 13.6 Å². The highest BCUT2D eigenvalue weighted by Gasteiger charge is 2.34. The maximum Gasteiger partial charge on any atom is 0.404 e. The zero-order chi connectivity index (χ0) is 12.4. The molecule has 1 heterocycles. The first-order valence-corrected chi connectivity index (χ1v) is 5.10. The Morgan fingerprint density at radius 1 is 1.47 bits per heavy atom. The second-order valence-electron chi connectivity index (χ2n) is 3.91. The van der Waals surface area contributed by atoms with Crippen molar-refractivity contribution in [3.8, 4) is 0 Å². The normalized spacial score (nSPS) is 19.8. The molecule has 1 aromatic carbocycles. The fourth-order valence-electron chi connectivity index (χ4n) is 1.70. The largest absolute Gasteiger partial charge is 0.465 e. The van der Waals surface area contributed by atoms with Crippen LogP contribution in [0.25, 0.3) is 0 Å². The average molecular weight is 243 g/mol. The lowest BCUT2D eigenvalue weighted by atomic mass is 10.0. The van der Waals surface area contributed by atoms with Gasteiger partial charge in [-0.15, -0.1) is 0 Å². The third-order valence-corrected chi connectivity index (χ3v) is 2.49. The molecule has 0 radical (unpaired) electrons. The van der Waals surface area contributed by atoms with E-state index >= 15 is 0 Å². The van der Waals surface area contributed by atoms with Gasteiger partial charge in [-0.2, -0.15) is 0 Å². The summed E-state index contributed by atoms with van der Waals surface area (Å²) >= 11 is 0. The summed E-state index contributed by atoms with van der Waals surface area (Å²) < 4.78 is 30.9. The van der Waals surface area contributed by atoms with Gasteiger partial charge in [0.15, 0.2) is 0 Å². The van der Waals surface area contributed by atoms with Crippen molar-refractivity contribution in [2.75, 3.05) is 6.61 Å². The highest BCUT2D eigenvalue weighted by Crippen LogP contribution is 2.19.